The Morgan fingerprint density at radius 3 is 2.69 bits per heavy atom. The molecule has 0 spiro atoms. The molecule has 16 heavy (non-hydrogen) atoms. The normalized spacial score (nSPS) is 10.4. The van der Waals surface area contributed by atoms with Crippen LogP contribution in [0.1, 0.15) is 12.6 Å². The molecular formula is C12H13N3S. The summed E-state index contributed by atoms with van der Waals surface area (Å²) >= 11 is 1.64. The lowest BCUT2D eigenvalue weighted by Crippen LogP contribution is -1.91. The molecule has 0 bridgehead atoms. The van der Waals surface area contributed by atoms with Crippen LogP contribution in [0.4, 0.5) is 0 Å². The van der Waals surface area contributed by atoms with Crippen molar-refractivity contribution in [2.75, 3.05) is 6.26 Å². The van der Waals surface area contributed by atoms with Crippen molar-refractivity contribution in [2.45, 2.75) is 18.4 Å². The second kappa shape index (κ2) is 5.07. The average Bonchev–Trinajstić information content (AvgIpc) is 2.39. The fraction of sp³-hybridized carbons (Fsp3) is 0.250. The fourth-order valence-corrected chi connectivity index (χ4v) is 1.76. The van der Waals surface area contributed by atoms with Gasteiger partial charge in [-0.25, -0.2) is 15.0 Å². The van der Waals surface area contributed by atoms with Crippen LogP contribution >= 0.6 is 11.8 Å². The smallest absolute Gasteiger partial charge is 0.116 e. The number of hydrogen-bond acceptors (Lipinski definition) is 4. The van der Waals surface area contributed by atoms with Gasteiger partial charge in [0.2, 0.25) is 0 Å². The van der Waals surface area contributed by atoms with Crippen molar-refractivity contribution in [3.63, 3.8) is 0 Å². The predicted molar refractivity (Wildman–Crippen MR) is 66.4 cm³/mol. The van der Waals surface area contributed by atoms with Gasteiger partial charge in [0, 0.05) is 17.5 Å². The fourth-order valence-electron chi connectivity index (χ4n) is 1.40. The lowest BCUT2D eigenvalue weighted by Gasteiger charge is -2.02. The van der Waals surface area contributed by atoms with Gasteiger partial charge in [-0.15, -0.1) is 11.8 Å². The zero-order valence-corrected chi connectivity index (χ0v) is 10.2. The van der Waals surface area contributed by atoms with Crippen LogP contribution in [-0.2, 0) is 6.42 Å². The van der Waals surface area contributed by atoms with Crippen molar-refractivity contribution in [3.05, 3.63) is 36.4 Å². The number of pyridine rings is 1. The van der Waals surface area contributed by atoms with Crippen molar-refractivity contribution < 1.29 is 0 Å². The Balaban J connectivity index is 2.34. The third-order valence-corrected chi connectivity index (χ3v) is 2.99. The topological polar surface area (TPSA) is 38.7 Å². The van der Waals surface area contributed by atoms with Gasteiger partial charge < -0.3 is 0 Å². The van der Waals surface area contributed by atoms with Gasteiger partial charge >= 0.3 is 0 Å². The summed E-state index contributed by atoms with van der Waals surface area (Å²) in [5.74, 6) is 0. The summed E-state index contributed by atoms with van der Waals surface area (Å²) in [7, 11) is 0. The maximum absolute atomic E-state index is 4.33. The molecule has 0 N–H and O–H groups in total. The Morgan fingerprint density at radius 1 is 1.19 bits per heavy atom. The Morgan fingerprint density at radius 2 is 2.06 bits per heavy atom. The zero-order chi connectivity index (χ0) is 11.4. The van der Waals surface area contributed by atoms with Gasteiger partial charge in [0.25, 0.3) is 0 Å². The molecule has 0 aliphatic carbocycles. The number of aryl methyl sites for hydroxylation is 1. The van der Waals surface area contributed by atoms with E-state index in [1.165, 1.54) is 0 Å². The van der Waals surface area contributed by atoms with Gasteiger partial charge in [0.15, 0.2) is 0 Å². The summed E-state index contributed by atoms with van der Waals surface area (Å²) in [5, 5.41) is 1.02. The molecule has 82 valence electrons. The molecule has 3 nitrogen and oxygen atoms in total. The van der Waals surface area contributed by atoms with Crippen molar-refractivity contribution in [1.29, 1.82) is 0 Å². The van der Waals surface area contributed by atoms with Crippen LogP contribution in [0.3, 0.4) is 0 Å². The number of hydrogen-bond donors (Lipinski definition) is 0. The predicted octanol–water partition coefficient (Wildman–Crippen LogP) is 2.82. The minimum Gasteiger partial charge on any atom is -0.249 e. The van der Waals surface area contributed by atoms with E-state index in [0.29, 0.717) is 0 Å². The zero-order valence-electron chi connectivity index (χ0n) is 9.34. The minimum atomic E-state index is 0.922. The molecule has 0 saturated heterocycles. The van der Waals surface area contributed by atoms with Gasteiger partial charge in [-0.2, -0.15) is 0 Å². The maximum Gasteiger partial charge on any atom is 0.116 e. The van der Waals surface area contributed by atoms with Crippen molar-refractivity contribution in [1.82, 2.24) is 15.0 Å². The lowest BCUT2D eigenvalue weighted by molar-refractivity contribution is 0.999. The summed E-state index contributed by atoms with van der Waals surface area (Å²) in [4.78, 5) is 12.8. The molecule has 2 rings (SSSR count). The molecule has 0 saturated carbocycles. The number of thioether (sulfide) groups is 1. The number of rotatable bonds is 3. The van der Waals surface area contributed by atoms with E-state index in [4.69, 9.17) is 0 Å². The Hall–Kier alpha value is -1.42. The highest BCUT2D eigenvalue weighted by Crippen LogP contribution is 2.19. The van der Waals surface area contributed by atoms with Crippen molar-refractivity contribution in [3.8, 4) is 11.3 Å². The second-order valence-electron chi connectivity index (χ2n) is 3.34. The third-order valence-electron chi connectivity index (χ3n) is 2.33. The van der Waals surface area contributed by atoms with Gasteiger partial charge in [0.1, 0.15) is 6.33 Å². The first-order chi connectivity index (χ1) is 7.83. The molecule has 2 aromatic heterocycles. The van der Waals surface area contributed by atoms with Crippen molar-refractivity contribution >= 4 is 11.8 Å². The van der Waals surface area contributed by atoms with E-state index in [0.717, 1.165) is 28.4 Å². The van der Waals surface area contributed by atoms with Gasteiger partial charge in [-0.3, -0.25) is 0 Å². The quantitative estimate of drug-likeness (QED) is 0.761. The first kappa shape index (κ1) is 11.1. The molecule has 4 heteroatoms. The summed E-state index contributed by atoms with van der Waals surface area (Å²) in [5.41, 5.74) is 3.03. The van der Waals surface area contributed by atoms with Crippen LogP contribution in [0.5, 0.6) is 0 Å². The maximum atomic E-state index is 4.33. The van der Waals surface area contributed by atoms with Crippen LogP contribution in [-0.4, -0.2) is 21.2 Å². The molecule has 0 atom stereocenters. The number of aromatic nitrogens is 3. The third kappa shape index (κ3) is 2.39. The van der Waals surface area contributed by atoms with Crippen LogP contribution in [0, 0.1) is 0 Å². The summed E-state index contributed by atoms with van der Waals surface area (Å²) in [6.07, 6.45) is 6.40. The Bertz CT molecular complexity index is 468. The monoisotopic (exact) mass is 231 g/mol. The standard InChI is InChI=1S/C12H13N3S/c1-3-10-6-11(15-8-14-10)9-4-5-12(16-2)13-7-9/h4-8H,3H2,1-2H3. The van der Waals surface area contributed by atoms with E-state index >= 15 is 0 Å². The van der Waals surface area contributed by atoms with E-state index < -0.39 is 0 Å². The molecule has 2 heterocycles. The highest BCUT2D eigenvalue weighted by molar-refractivity contribution is 7.98. The van der Waals surface area contributed by atoms with Gasteiger partial charge in [-0.05, 0) is 30.9 Å². The van der Waals surface area contributed by atoms with Crippen LogP contribution in [0.15, 0.2) is 35.7 Å². The molecule has 0 radical (unpaired) electrons. The largest absolute Gasteiger partial charge is 0.249 e. The summed E-state index contributed by atoms with van der Waals surface area (Å²) in [6.45, 7) is 2.08. The first-order valence-electron chi connectivity index (χ1n) is 5.15. The molecule has 0 fully saturated rings. The molecule has 0 unspecified atom stereocenters. The molecule has 2 aromatic rings. The first-order valence-corrected chi connectivity index (χ1v) is 6.37. The molecule has 0 aliphatic rings. The highest BCUT2D eigenvalue weighted by Gasteiger charge is 2.01. The highest BCUT2D eigenvalue weighted by atomic mass is 32.2. The molecule has 0 aliphatic heterocycles. The van der Waals surface area contributed by atoms with E-state index in [1.807, 2.05) is 30.7 Å². The lowest BCUT2D eigenvalue weighted by atomic mass is 10.2. The summed E-state index contributed by atoms with van der Waals surface area (Å²) in [6, 6.07) is 6.06. The SMILES string of the molecule is CCc1cc(-c2ccc(SC)nc2)ncn1. The van der Waals surface area contributed by atoms with Gasteiger partial charge in [0.05, 0.1) is 10.7 Å². The Labute approximate surface area is 99.4 Å². The minimum absolute atomic E-state index is 0.922. The second-order valence-corrected chi connectivity index (χ2v) is 4.16. The molecule has 0 aromatic carbocycles. The van der Waals surface area contributed by atoms with Crippen LogP contribution < -0.4 is 0 Å². The number of nitrogens with zero attached hydrogens (tertiary/aromatic N) is 3. The summed E-state index contributed by atoms with van der Waals surface area (Å²) < 4.78 is 0. The van der Waals surface area contributed by atoms with E-state index in [2.05, 4.69) is 21.9 Å². The van der Waals surface area contributed by atoms with Crippen LogP contribution in [0.2, 0.25) is 0 Å². The average molecular weight is 231 g/mol. The molecule has 0 amide bonds. The van der Waals surface area contributed by atoms with Crippen LogP contribution in [0.25, 0.3) is 11.3 Å². The van der Waals surface area contributed by atoms with E-state index in [9.17, 15) is 0 Å². The van der Waals surface area contributed by atoms with Crippen molar-refractivity contribution in [2.24, 2.45) is 0 Å². The Kier molecular flexibility index (Phi) is 3.51. The van der Waals surface area contributed by atoms with E-state index in [-0.39, 0.29) is 0 Å². The van der Waals surface area contributed by atoms with Gasteiger partial charge in [-0.1, -0.05) is 6.92 Å². The van der Waals surface area contributed by atoms with E-state index in [1.54, 1.807) is 18.1 Å². The molecular weight excluding hydrogens is 218 g/mol.